The summed E-state index contributed by atoms with van der Waals surface area (Å²) in [7, 11) is 2.98. The predicted octanol–water partition coefficient (Wildman–Crippen LogP) is 0.923. The van der Waals surface area contributed by atoms with Crippen LogP contribution in [-0.2, 0) is 11.2 Å². The van der Waals surface area contributed by atoms with Gasteiger partial charge in [-0.3, -0.25) is 4.79 Å². The summed E-state index contributed by atoms with van der Waals surface area (Å²) in [4.78, 5) is 19.3. The first-order chi connectivity index (χ1) is 9.96. The fraction of sp³-hybridized carbons (Fsp3) is 0.385. The fourth-order valence-electron chi connectivity index (χ4n) is 1.97. The van der Waals surface area contributed by atoms with Crippen molar-refractivity contribution in [2.24, 2.45) is 0 Å². The zero-order valence-corrected chi connectivity index (χ0v) is 12.2. The molecule has 0 saturated carbocycles. The molecule has 0 amide bonds. The fourth-order valence-corrected chi connectivity index (χ4v) is 1.97. The number of nitrogens with zero attached hydrogens (tertiary/aromatic N) is 4. The molecule has 2 aromatic heterocycles. The van der Waals surface area contributed by atoms with Gasteiger partial charge in [0.25, 0.3) is 5.95 Å². The first kappa shape index (κ1) is 14.8. The zero-order chi connectivity index (χ0) is 15.6. The quantitative estimate of drug-likeness (QED) is 0.874. The molecular weight excluding hydrogens is 276 g/mol. The molecular formula is C13H16N4O4. The molecule has 2 aromatic rings. The number of carboxylic acids is 1. The van der Waals surface area contributed by atoms with E-state index >= 15 is 0 Å². The van der Waals surface area contributed by atoms with Gasteiger partial charge in [0.2, 0.25) is 11.8 Å². The molecule has 0 aliphatic rings. The Labute approximate surface area is 121 Å². The standard InChI is InChI=1S/C13H16N4O4/c1-7-9(5-12(18)19)8(2)17(16-7)13-14-10(20-3)6-11(15-13)21-4/h6H,5H2,1-4H3,(H,18,19). The molecule has 0 radical (unpaired) electrons. The molecule has 0 unspecified atom stereocenters. The van der Waals surface area contributed by atoms with Gasteiger partial charge in [-0.2, -0.15) is 15.1 Å². The van der Waals surface area contributed by atoms with Crippen LogP contribution in [0.5, 0.6) is 11.8 Å². The summed E-state index contributed by atoms with van der Waals surface area (Å²) in [5, 5.41) is 13.3. The van der Waals surface area contributed by atoms with Crippen molar-refractivity contribution in [1.82, 2.24) is 19.7 Å². The van der Waals surface area contributed by atoms with Crippen molar-refractivity contribution in [3.05, 3.63) is 23.0 Å². The van der Waals surface area contributed by atoms with Crippen LogP contribution >= 0.6 is 0 Å². The Kier molecular flexibility index (Phi) is 4.06. The summed E-state index contributed by atoms with van der Waals surface area (Å²) >= 11 is 0. The van der Waals surface area contributed by atoms with E-state index in [9.17, 15) is 4.79 Å². The normalized spacial score (nSPS) is 10.5. The molecule has 0 fully saturated rings. The molecule has 0 aliphatic heterocycles. The topological polar surface area (TPSA) is 99.4 Å². The Balaban J connectivity index is 2.54. The van der Waals surface area contributed by atoms with E-state index in [1.165, 1.54) is 18.9 Å². The van der Waals surface area contributed by atoms with Crippen LogP contribution in [-0.4, -0.2) is 45.0 Å². The van der Waals surface area contributed by atoms with Crippen molar-refractivity contribution >= 4 is 5.97 Å². The van der Waals surface area contributed by atoms with Crippen LogP contribution in [0.3, 0.4) is 0 Å². The summed E-state index contributed by atoms with van der Waals surface area (Å²) in [5.74, 6) is 0.0294. The lowest BCUT2D eigenvalue weighted by atomic mass is 10.1. The van der Waals surface area contributed by atoms with Crippen LogP contribution in [0.2, 0.25) is 0 Å². The molecule has 0 aliphatic carbocycles. The van der Waals surface area contributed by atoms with Crippen molar-refractivity contribution in [2.45, 2.75) is 20.3 Å². The predicted molar refractivity (Wildman–Crippen MR) is 73.1 cm³/mol. The van der Waals surface area contributed by atoms with E-state index < -0.39 is 5.97 Å². The maximum atomic E-state index is 10.9. The highest BCUT2D eigenvalue weighted by molar-refractivity contribution is 5.71. The lowest BCUT2D eigenvalue weighted by Gasteiger charge is -2.07. The van der Waals surface area contributed by atoms with Crippen LogP contribution in [0.1, 0.15) is 17.0 Å². The van der Waals surface area contributed by atoms with Crippen LogP contribution in [0, 0.1) is 13.8 Å². The monoisotopic (exact) mass is 292 g/mol. The minimum atomic E-state index is -0.912. The third kappa shape index (κ3) is 2.93. The number of aryl methyl sites for hydroxylation is 1. The SMILES string of the molecule is COc1cc(OC)nc(-n2nc(C)c(CC(=O)O)c2C)n1. The summed E-state index contributed by atoms with van der Waals surface area (Å²) < 4.78 is 11.7. The first-order valence-electron chi connectivity index (χ1n) is 6.20. The average Bonchev–Trinajstić information content (AvgIpc) is 2.74. The molecule has 0 bridgehead atoms. The van der Waals surface area contributed by atoms with Gasteiger partial charge in [0.1, 0.15) is 0 Å². The average molecular weight is 292 g/mol. The molecule has 0 saturated heterocycles. The van der Waals surface area contributed by atoms with Gasteiger partial charge < -0.3 is 14.6 Å². The van der Waals surface area contributed by atoms with Crippen molar-refractivity contribution in [3.63, 3.8) is 0 Å². The number of carboxylic acid groups (broad SMARTS) is 1. The van der Waals surface area contributed by atoms with Crippen LogP contribution in [0.4, 0.5) is 0 Å². The van der Waals surface area contributed by atoms with Gasteiger partial charge in [-0.05, 0) is 13.8 Å². The van der Waals surface area contributed by atoms with E-state index in [1.54, 1.807) is 19.9 Å². The summed E-state index contributed by atoms with van der Waals surface area (Å²) in [5.41, 5.74) is 1.94. The molecule has 1 N–H and O–H groups in total. The molecule has 112 valence electrons. The summed E-state index contributed by atoms with van der Waals surface area (Å²) in [6.07, 6.45) is -0.0984. The Morgan fingerprint density at radius 1 is 1.24 bits per heavy atom. The summed E-state index contributed by atoms with van der Waals surface area (Å²) in [6.45, 7) is 3.52. The molecule has 8 heteroatoms. The van der Waals surface area contributed by atoms with Crippen LogP contribution in [0.25, 0.3) is 5.95 Å². The molecule has 2 heterocycles. The third-order valence-corrected chi connectivity index (χ3v) is 3.04. The maximum Gasteiger partial charge on any atom is 0.307 e. The molecule has 2 rings (SSSR count). The second-order valence-corrected chi connectivity index (χ2v) is 4.38. The van der Waals surface area contributed by atoms with Crippen LogP contribution in [0.15, 0.2) is 6.07 Å². The number of hydrogen-bond donors (Lipinski definition) is 1. The van der Waals surface area contributed by atoms with Gasteiger partial charge in [-0.25, -0.2) is 4.68 Å². The van der Waals surface area contributed by atoms with Crippen molar-refractivity contribution in [1.29, 1.82) is 0 Å². The van der Waals surface area contributed by atoms with E-state index in [-0.39, 0.29) is 12.4 Å². The zero-order valence-electron chi connectivity index (χ0n) is 12.2. The van der Waals surface area contributed by atoms with E-state index in [0.29, 0.717) is 28.7 Å². The Morgan fingerprint density at radius 2 is 1.81 bits per heavy atom. The van der Waals surface area contributed by atoms with Gasteiger partial charge in [-0.15, -0.1) is 0 Å². The number of aromatic nitrogens is 4. The minimum absolute atomic E-state index is 0.0984. The first-order valence-corrected chi connectivity index (χ1v) is 6.20. The van der Waals surface area contributed by atoms with E-state index in [1.807, 2.05) is 0 Å². The van der Waals surface area contributed by atoms with E-state index in [4.69, 9.17) is 14.6 Å². The van der Waals surface area contributed by atoms with Gasteiger partial charge in [0.15, 0.2) is 0 Å². The number of hydrogen-bond acceptors (Lipinski definition) is 6. The van der Waals surface area contributed by atoms with Crippen LogP contribution < -0.4 is 9.47 Å². The maximum absolute atomic E-state index is 10.9. The van der Waals surface area contributed by atoms with E-state index in [2.05, 4.69) is 15.1 Å². The van der Waals surface area contributed by atoms with Crippen molar-refractivity contribution < 1.29 is 19.4 Å². The van der Waals surface area contributed by atoms with Gasteiger partial charge in [0.05, 0.1) is 32.4 Å². The smallest absolute Gasteiger partial charge is 0.307 e. The number of aliphatic carboxylic acids is 1. The highest BCUT2D eigenvalue weighted by Gasteiger charge is 2.18. The molecule has 0 spiro atoms. The number of carbonyl (C=O) groups is 1. The summed E-state index contributed by atoms with van der Waals surface area (Å²) in [6, 6.07) is 1.55. The largest absolute Gasteiger partial charge is 0.481 e. The highest BCUT2D eigenvalue weighted by Crippen LogP contribution is 2.21. The number of methoxy groups -OCH3 is 2. The van der Waals surface area contributed by atoms with Gasteiger partial charge in [0, 0.05) is 11.3 Å². The molecule has 0 atom stereocenters. The lowest BCUT2D eigenvalue weighted by molar-refractivity contribution is -0.136. The Hall–Kier alpha value is -2.64. The minimum Gasteiger partial charge on any atom is -0.481 e. The van der Waals surface area contributed by atoms with E-state index in [0.717, 1.165) is 0 Å². The second kappa shape index (κ2) is 5.78. The van der Waals surface area contributed by atoms with Crippen molar-refractivity contribution in [3.8, 4) is 17.7 Å². The molecule has 0 aromatic carbocycles. The highest BCUT2D eigenvalue weighted by atomic mass is 16.5. The Bertz CT molecular complexity index is 659. The lowest BCUT2D eigenvalue weighted by Crippen LogP contribution is -2.08. The number of ether oxygens (including phenoxy) is 2. The van der Waals surface area contributed by atoms with Gasteiger partial charge >= 0.3 is 5.97 Å². The van der Waals surface area contributed by atoms with Crippen molar-refractivity contribution in [2.75, 3.05) is 14.2 Å². The molecule has 8 nitrogen and oxygen atoms in total. The third-order valence-electron chi connectivity index (χ3n) is 3.04. The van der Waals surface area contributed by atoms with Gasteiger partial charge in [-0.1, -0.05) is 0 Å². The second-order valence-electron chi connectivity index (χ2n) is 4.38. The number of rotatable bonds is 5. The Morgan fingerprint density at radius 3 is 2.29 bits per heavy atom. The molecule has 21 heavy (non-hydrogen) atoms.